The fraction of sp³-hybridized carbons (Fsp3) is 0.875. The molecule has 4 nitrogen and oxygen atoms in total. The van der Waals surface area contributed by atoms with Gasteiger partial charge in [-0.1, -0.05) is 0 Å². The number of carbonyl (C=O) groups is 1. The quantitative estimate of drug-likeness (QED) is 0.579. The molecule has 78 valence electrons. The molecular weight excluding hydrogens is 190 g/mol. The van der Waals surface area contributed by atoms with Crippen LogP contribution in [0.1, 0.15) is 19.8 Å². The van der Waals surface area contributed by atoms with Gasteiger partial charge in [0.2, 0.25) is 5.91 Å². The number of hydrogen-bond acceptors (Lipinski definition) is 3. The van der Waals surface area contributed by atoms with Crippen molar-refractivity contribution in [3.8, 4) is 0 Å². The van der Waals surface area contributed by atoms with Crippen molar-refractivity contribution in [2.24, 2.45) is 5.73 Å². The van der Waals surface area contributed by atoms with E-state index in [0.29, 0.717) is 0 Å². The van der Waals surface area contributed by atoms with E-state index in [0.717, 1.165) is 25.9 Å². The minimum atomic E-state index is -0.0561. The molecule has 1 aliphatic heterocycles. The van der Waals surface area contributed by atoms with Gasteiger partial charge in [0.25, 0.3) is 0 Å². The fourth-order valence-corrected chi connectivity index (χ4v) is 1.49. The van der Waals surface area contributed by atoms with E-state index in [1.54, 1.807) is 0 Å². The lowest BCUT2D eigenvalue weighted by Gasteiger charge is -2.34. The Hall–Kier alpha value is -0.320. The molecule has 0 radical (unpaired) electrons. The topological polar surface area (TPSA) is 67.2 Å². The molecule has 0 spiro atoms. The highest BCUT2D eigenvalue weighted by molar-refractivity contribution is 5.85. The summed E-state index contributed by atoms with van der Waals surface area (Å²) >= 11 is 0. The Bertz CT molecular complexity index is 169. The van der Waals surface area contributed by atoms with Gasteiger partial charge in [-0.15, -0.1) is 12.4 Å². The summed E-state index contributed by atoms with van der Waals surface area (Å²) in [4.78, 5) is 11.0. The molecule has 1 rings (SSSR count). The largest absolute Gasteiger partial charge is 0.350 e. The number of nitrogens with one attached hydrogen (secondary N) is 2. The number of carbonyl (C=O) groups excluding carboxylic acids is 1. The number of hydrogen-bond donors (Lipinski definition) is 3. The summed E-state index contributed by atoms with van der Waals surface area (Å²) in [6, 6.07) is 0. The Kier molecular flexibility index (Phi) is 5.29. The molecule has 5 heteroatoms. The molecule has 0 atom stereocenters. The van der Waals surface area contributed by atoms with Crippen molar-refractivity contribution >= 4 is 18.3 Å². The van der Waals surface area contributed by atoms with Crippen LogP contribution in [-0.2, 0) is 4.79 Å². The van der Waals surface area contributed by atoms with Gasteiger partial charge in [0.15, 0.2) is 0 Å². The molecule has 1 fully saturated rings. The van der Waals surface area contributed by atoms with E-state index in [9.17, 15) is 4.79 Å². The van der Waals surface area contributed by atoms with E-state index in [4.69, 9.17) is 5.73 Å². The molecule has 0 aromatic heterocycles. The molecule has 0 saturated carbocycles. The van der Waals surface area contributed by atoms with Crippen molar-refractivity contribution in [3.63, 3.8) is 0 Å². The first-order valence-electron chi connectivity index (χ1n) is 4.38. The highest BCUT2D eigenvalue weighted by Gasteiger charge is 2.27. The van der Waals surface area contributed by atoms with Crippen molar-refractivity contribution in [1.29, 1.82) is 0 Å². The minimum Gasteiger partial charge on any atom is -0.350 e. The summed E-state index contributed by atoms with van der Waals surface area (Å²) in [5.41, 5.74) is 5.18. The van der Waals surface area contributed by atoms with Crippen molar-refractivity contribution in [3.05, 3.63) is 0 Å². The van der Waals surface area contributed by atoms with E-state index in [1.807, 2.05) is 0 Å². The van der Waals surface area contributed by atoms with Gasteiger partial charge in [-0.05, 0) is 32.9 Å². The second-order valence-electron chi connectivity index (χ2n) is 3.56. The zero-order chi connectivity index (χ0) is 9.03. The molecular formula is C8H18ClN3O. The monoisotopic (exact) mass is 207 g/mol. The van der Waals surface area contributed by atoms with E-state index in [2.05, 4.69) is 17.6 Å². The predicted octanol–water partition coefficient (Wildman–Crippen LogP) is -0.375. The van der Waals surface area contributed by atoms with Crippen molar-refractivity contribution in [2.45, 2.75) is 25.3 Å². The van der Waals surface area contributed by atoms with Crippen LogP contribution in [0.4, 0.5) is 0 Å². The van der Waals surface area contributed by atoms with Crippen LogP contribution in [0.3, 0.4) is 0 Å². The molecule has 0 aromatic carbocycles. The van der Waals surface area contributed by atoms with Gasteiger partial charge in [-0.3, -0.25) is 4.79 Å². The lowest BCUT2D eigenvalue weighted by atomic mass is 9.90. The maximum atomic E-state index is 11.0. The van der Waals surface area contributed by atoms with Gasteiger partial charge in [0, 0.05) is 5.54 Å². The maximum Gasteiger partial charge on any atom is 0.234 e. The zero-order valence-electron chi connectivity index (χ0n) is 7.93. The molecule has 1 saturated heterocycles. The molecule has 1 amide bonds. The van der Waals surface area contributed by atoms with Gasteiger partial charge in [-0.25, -0.2) is 0 Å². The number of piperidine rings is 1. The third-order valence-corrected chi connectivity index (χ3v) is 2.33. The third-order valence-electron chi connectivity index (χ3n) is 2.33. The SMILES string of the molecule is CC1(NC(=O)CN)CCNCC1.Cl. The Morgan fingerprint density at radius 1 is 1.54 bits per heavy atom. The summed E-state index contributed by atoms with van der Waals surface area (Å²) in [6.45, 7) is 4.10. The number of rotatable bonds is 2. The first-order chi connectivity index (χ1) is 5.66. The summed E-state index contributed by atoms with van der Waals surface area (Å²) in [5.74, 6) is -0.0561. The Balaban J connectivity index is 0.00000144. The Morgan fingerprint density at radius 2 is 2.08 bits per heavy atom. The molecule has 0 bridgehead atoms. The number of nitrogens with two attached hydrogens (primary N) is 1. The van der Waals surface area contributed by atoms with Crippen molar-refractivity contribution in [2.75, 3.05) is 19.6 Å². The number of halogens is 1. The molecule has 0 aromatic rings. The fourth-order valence-electron chi connectivity index (χ4n) is 1.49. The van der Waals surface area contributed by atoms with E-state index in [1.165, 1.54) is 0 Å². The van der Waals surface area contributed by atoms with Crippen LogP contribution >= 0.6 is 12.4 Å². The van der Waals surface area contributed by atoms with E-state index >= 15 is 0 Å². The first-order valence-corrected chi connectivity index (χ1v) is 4.38. The van der Waals surface area contributed by atoms with Crippen LogP contribution in [0.15, 0.2) is 0 Å². The lowest BCUT2D eigenvalue weighted by Crippen LogP contribution is -2.53. The Morgan fingerprint density at radius 3 is 2.54 bits per heavy atom. The highest BCUT2D eigenvalue weighted by Crippen LogP contribution is 2.16. The first kappa shape index (κ1) is 12.7. The second-order valence-corrected chi connectivity index (χ2v) is 3.56. The molecule has 0 aliphatic carbocycles. The van der Waals surface area contributed by atoms with Crippen LogP contribution in [0.2, 0.25) is 0 Å². The zero-order valence-corrected chi connectivity index (χ0v) is 8.75. The van der Waals surface area contributed by atoms with E-state index < -0.39 is 0 Å². The maximum absolute atomic E-state index is 11.0. The normalized spacial score (nSPS) is 20.2. The molecule has 1 heterocycles. The molecule has 13 heavy (non-hydrogen) atoms. The van der Waals surface area contributed by atoms with Crippen LogP contribution in [0, 0.1) is 0 Å². The van der Waals surface area contributed by atoms with Gasteiger partial charge in [0.05, 0.1) is 6.54 Å². The molecule has 1 aliphatic rings. The average Bonchev–Trinajstić information content (AvgIpc) is 2.05. The summed E-state index contributed by atoms with van der Waals surface area (Å²) in [6.07, 6.45) is 1.97. The minimum absolute atomic E-state index is 0. The Labute approximate surface area is 85.0 Å². The van der Waals surface area contributed by atoms with Gasteiger partial charge in [-0.2, -0.15) is 0 Å². The van der Waals surface area contributed by atoms with Crippen LogP contribution < -0.4 is 16.4 Å². The average molecular weight is 208 g/mol. The summed E-state index contributed by atoms with van der Waals surface area (Å²) < 4.78 is 0. The number of amides is 1. The lowest BCUT2D eigenvalue weighted by molar-refractivity contribution is -0.121. The van der Waals surface area contributed by atoms with Crippen LogP contribution in [0.25, 0.3) is 0 Å². The van der Waals surface area contributed by atoms with Gasteiger partial charge in [0.1, 0.15) is 0 Å². The van der Waals surface area contributed by atoms with Gasteiger partial charge >= 0.3 is 0 Å². The van der Waals surface area contributed by atoms with Crippen molar-refractivity contribution < 1.29 is 4.79 Å². The summed E-state index contributed by atoms with van der Waals surface area (Å²) in [5, 5.41) is 6.19. The van der Waals surface area contributed by atoms with Crippen LogP contribution in [-0.4, -0.2) is 31.1 Å². The standard InChI is InChI=1S/C8H17N3O.ClH/c1-8(11-7(12)6-9)2-4-10-5-3-8;/h10H,2-6,9H2,1H3,(H,11,12);1H. The second kappa shape index (κ2) is 5.42. The predicted molar refractivity (Wildman–Crippen MR) is 55.0 cm³/mol. The van der Waals surface area contributed by atoms with E-state index in [-0.39, 0.29) is 30.4 Å². The molecule has 0 unspecified atom stereocenters. The smallest absolute Gasteiger partial charge is 0.234 e. The summed E-state index contributed by atoms with van der Waals surface area (Å²) in [7, 11) is 0. The highest BCUT2D eigenvalue weighted by atomic mass is 35.5. The third kappa shape index (κ3) is 3.93. The van der Waals surface area contributed by atoms with Crippen molar-refractivity contribution in [1.82, 2.24) is 10.6 Å². The molecule has 4 N–H and O–H groups in total. The van der Waals surface area contributed by atoms with Crippen LogP contribution in [0.5, 0.6) is 0 Å². The van der Waals surface area contributed by atoms with Gasteiger partial charge < -0.3 is 16.4 Å².